The molecule has 1 rings (SSSR count). The van der Waals surface area contributed by atoms with E-state index in [9.17, 15) is 0 Å². The van der Waals surface area contributed by atoms with Gasteiger partial charge in [-0.2, -0.15) is 11.8 Å². The Morgan fingerprint density at radius 1 is 1.38 bits per heavy atom. The fourth-order valence-corrected chi connectivity index (χ4v) is 2.93. The minimum atomic E-state index is 0. The first-order chi connectivity index (χ1) is 9.58. The predicted octanol–water partition coefficient (Wildman–Crippen LogP) is 2.64. The smallest absolute Gasteiger partial charge is 0.191 e. The van der Waals surface area contributed by atoms with Crippen molar-refractivity contribution in [2.75, 3.05) is 38.2 Å². The number of aliphatic imine (C=N–C) groups is 1. The van der Waals surface area contributed by atoms with E-state index in [4.69, 9.17) is 0 Å². The maximum Gasteiger partial charge on any atom is 0.191 e. The molecule has 126 valence electrons. The standard InChI is InChI=1S/C15H32N4S.HI/c1-6-16-15(17-8-7-9-20-5)18-14-11-19(12(2)3)10-13(14)4;/h12-14H,6-11H2,1-5H3,(H2,16,17,18);1H. The Balaban J connectivity index is 0.00000400. The first-order valence-corrected chi connectivity index (χ1v) is 9.25. The Labute approximate surface area is 152 Å². The Morgan fingerprint density at radius 3 is 2.62 bits per heavy atom. The van der Waals surface area contributed by atoms with Crippen molar-refractivity contribution in [2.45, 2.75) is 46.2 Å². The molecule has 1 fully saturated rings. The number of thioether (sulfide) groups is 1. The molecule has 4 nitrogen and oxygen atoms in total. The van der Waals surface area contributed by atoms with Gasteiger partial charge in [-0.05, 0) is 45.1 Å². The molecule has 21 heavy (non-hydrogen) atoms. The van der Waals surface area contributed by atoms with Crippen molar-refractivity contribution < 1.29 is 0 Å². The minimum absolute atomic E-state index is 0. The van der Waals surface area contributed by atoms with E-state index in [2.05, 4.69) is 54.5 Å². The van der Waals surface area contributed by atoms with Gasteiger partial charge in [0.25, 0.3) is 0 Å². The highest BCUT2D eigenvalue weighted by Gasteiger charge is 2.31. The monoisotopic (exact) mass is 428 g/mol. The van der Waals surface area contributed by atoms with Crippen molar-refractivity contribution in [3.8, 4) is 0 Å². The first-order valence-electron chi connectivity index (χ1n) is 7.86. The molecule has 2 atom stereocenters. The maximum absolute atomic E-state index is 4.68. The molecule has 2 N–H and O–H groups in total. The van der Waals surface area contributed by atoms with E-state index in [1.54, 1.807) is 0 Å². The SMILES string of the molecule is CCNC(=NCCCSC)NC1CN(C(C)C)CC1C.I. The topological polar surface area (TPSA) is 39.7 Å². The summed E-state index contributed by atoms with van der Waals surface area (Å²) in [6.45, 7) is 13.1. The molecule has 1 aliphatic rings. The van der Waals surface area contributed by atoms with Crippen molar-refractivity contribution >= 4 is 41.7 Å². The molecule has 2 unspecified atom stereocenters. The number of nitrogens with zero attached hydrogens (tertiary/aromatic N) is 2. The molecule has 0 bridgehead atoms. The van der Waals surface area contributed by atoms with Crippen molar-refractivity contribution in [1.82, 2.24) is 15.5 Å². The molecule has 0 amide bonds. The van der Waals surface area contributed by atoms with E-state index in [0.717, 1.165) is 32.0 Å². The molecule has 6 heteroatoms. The van der Waals surface area contributed by atoms with Gasteiger partial charge in [0.15, 0.2) is 5.96 Å². The number of hydrogen-bond acceptors (Lipinski definition) is 3. The Hall–Kier alpha value is 0.310. The van der Waals surface area contributed by atoms with Crippen LogP contribution in [0.2, 0.25) is 0 Å². The lowest BCUT2D eigenvalue weighted by Gasteiger charge is -2.21. The summed E-state index contributed by atoms with van der Waals surface area (Å²) in [5, 5.41) is 6.98. The summed E-state index contributed by atoms with van der Waals surface area (Å²) >= 11 is 1.89. The molecule has 0 radical (unpaired) electrons. The molecule has 0 aromatic rings. The van der Waals surface area contributed by atoms with Crippen LogP contribution in [0.1, 0.15) is 34.1 Å². The van der Waals surface area contributed by atoms with Crippen LogP contribution in [0, 0.1) is 5.92 Å². The van der Waals surface area contributed by atoms with Crippen molar-refractivity contribution in [1.29, 1.82) is 0 Å². The second kappa shape index (κ2) is 11.8. The van der Waals surface area contributed by atoms with Gasteiger partial charge >= 0.3 is 0 Å². The highest BCUT2D eigenvalue weighted by molar-refractivity contribution is 14.0. The zero-order valence-electron chi connectivity index (χ0n) is 14.2. The number of nitrogens with one attached hydrogen (secondary N) is 2. The van der Waals surface area contributed by atoms with Crippen LogP contribution in [-0.2, 0) is 0 Å². The van der Waals surface area contributed by atoms with Gasteiger partial charge in [0.1, 0.15) is 0 Å². The van der Waals surface area contributed by atoms with Gasteiger partial charge in [-0.15, -0.1) is 24.0 Å². The summed E-state index contributed by atoms with van der Waals surface area (Å²) < 4.78 is 0. The minimum Gasteiger partial charge on any atom is -0.357 e. The zero-order valence-corrected chi connectivity index (χ0v) is 17.3. The van der Waals surface area contributed by atoms with Crippen LogP contribution >= 0.6 is 35.7 Å². The highest BCUT2D eigenvalue weighted by atomic mass is 127. The molecule has 0 aliphatic carbocycles. The van der Waals surface area contributed by atoms with E-state index >= 15 is 0 Å². The van der Waals surface area contributed by atoms with E-state index in [1.165, 1.54) is 12.3 Å². The third-order valence-corrected chi connectivity index (χ3v) is 4.51. The second-order valence-corrected chi connectivity index (χ2v) is 6.87. The molecular formula is C15H33IN4S. The lowest BCUT2D eigenvalue weighted by atomic mass is 10.1. The van der Waals surface area contributed by atoms with Gasteiger partial charge in [0, 0.05) is 38.3 Å². The third-order valence-electron chi connectivity index (χ3n) is 3.81. The molecule has 0 aromatic carbocycles. The molecule has 0 spiro atoms. The van der Waals surface area contributed by atoms with Crippen LogP contribution in [0.25, 0.3) is 0 Å². The van der Waals surface area contributed by atoms with E-state index in [1.807, 2.05) is 11.8 Å². The Kier molecular flexibility index (Phi) is 12.0. The fraction of sp³-hybridized carbons (Fsp3) is 0.933. The van der Waals surface area contributed by atoms with Crippen LogP contribution in [0.5, 0.6) is 0 Å². The molecular weight excluding hydrogens is 395 g/mol. The Morgan fingerprint density at radius 2 is 2.10 bits per heavy atom. The summed E-state index contributed by atoms with van der Waals surface area (Å²) in [5.41, 5.74) is 0. The lowest BCUT2D eigenvalue weighted by Crippen LogP contribution is -2.46. The zero-order chi connectivity index (χ0) is 15.0. The third kappa shape index (κ3) is 7.93. The van der Waals surface area contributed by atoms with Gasteiger partial charge < -0.3 is 10.6 Å². The van der Waals surface area contributed by atoms with Crippen LogP contribution < -0.4 is 10.6 Å². The normalized spacial score (nSPS) is 23.2. The van der Waals surface area contributed by atoms with Gasteiger partial charge in [0.2, 0.25) is 0 Å². The summed E-state index contributed by atoms with van der Waals surface area (Å²) in [7, 11) is 0. The average molecular weight is 428 g/mol. The summed E-state index contributed by atoms with van der Waals surface area (Å²) in [6.07, 6.45) is 3.30. The van der Waals surface area contributed by atoms with E-state index in [-0.39, 0.29) is 24.0 Å². The van der Waals surface area contributed by atoms with Gasteiger partial charge in [-0.3, -0.25) is 9.89 Å². The number of halogens is 1. The average Bonchev–Trinajstić information content (AvgIpc) is 2.76. The van der Waals surface area contributed by atoms with Crippen LogP contribution in [-0.4, -0.2) is 61.1 Å². The van der Waals surface area contributed by atoms with Crippen LogP contribution in [0.15, 0.2) is 4.99 Å². The maximum atomic E-state index is 4.68. The molecule has 0 aromatic heterocycles. The molecule has 1 aliphatic heterocycles. The number of likely N-dealkylation sites (tertiary alicyclic amines) is 1. The van der Waals surface area contributed by atoms with Gasteiger partial charge in [0.05, 0.1) is 0 Å². The summed E-state index contributed by atoms with van der Waals surface area (Å²) in [6, 6.07) is 1.14. The quantitative estimate of drug-likeness (QED) is 0.283. The number of rotatable bonds is 7. The number of guanidine groups is 1. The van der Waals surface area contributed by atoms with E-state index < -0.39 is 0 Å². The van der Waals surface area contributed by atoms with Crippen molar-refractivity contribution in [3.05, 3.63) is 0 Å². The van der Waals surface area contributed by atoms with Crippen molar-refractivity contribution in [2.24, 2.45) is 10.9 Å². The first kappa shape index (κ1) is 21.3. The fourth-order valence-electron chi connectivity index (χ4n) is 2.51. The second-order valence-electron chi connectivity index (χ2n) is 5.88. The lowest BCUT2D eigenvalue weighted by molar-refractivity contribution is 0.265. The van der Waals surface area contributed by atoms with Crippen molar-refractivity contribution in [3.63, 3.8) is 0 Å². The van der Waals surface area contributed by atoms with Crippen LogP contribution in [0.4, 0.5) is 0 Å². The predicted molar refractivity (Wildman–Crippen MR) is 107 cm³/mol. The van der Waals surface area contributed by atoms with Gasteiger partial charge in [-0.1, -0.05) is 6.92 Å². The van der Waals surface area contributed by atoms with Crippen LogP contribution in [0.3, 0.4) is 0 Å². The number of hydrogen-bond donors (Lipinski definition) is 2. The molecule has 1 saturated heterocycles. The molecule has 1 heterocycles. The molecule has 0 saturated carbocycles. The summed E-state index contributed by atoms with van der Waals surface area (Å²) in [5.74, 6) is 2.84. The van der Waals surface area contributed by atoms with Gasteiger partial charge in [-0.25, -0.2) is 0 Å². The van der Waals surface area contributed by atoms with E-state index in [0.29, 0.717) is 18.0 Å². The summed E-state index contributed by atoms with van der Waals surface area (Å²) in [4.78, 5) is 7.22. The largest absolute Gasteiger partial charge is 0.357 e. The Bertz CT molecular complexity index is 299. The highest BCUT2D eigenvalue weighted by Crippen LogP contribution is 2.18.